The van der Waals surface area contributed by atoms with E-state index >= 15 is 0 Å². The van der Waals surface area contributed by atoms with Crippen molar-refractivity contribution in [3.63, 3.8) is 0 Å². The number of anilines is 4. The van der Waals surface area contributed by atoms with Crippen molar-refractivity contribution in [2.24, 2.45) is 0 Å². The van der Waals surface area contributed by atoms with Gasteiger partial charge in [0.05, 0.1) is 30.7 Å². The average molecular weight is 593 g/mol. The molecule has 1 spiro atoms. The van der Waals surface area contributed by atoms with E-state index < -0.39 is 21.0 Å². The largest absolute Gasteiger partial charge is 0.409 e. The summed E-state index contributed by atoms with van der Waals surface area (Å²) < 4.78 is 52.3. The van der Waals surface area contributed by atoms with Crippen molar-refractivity contribution in [2.75, 3.05) is 41.3 Å². The Morgan fingerprint density at radius 3 is 2.32 bits per heavy atom. The highest BCUT2D eigenvalue weighted by Crippen LogP contribution is 2.56. The van der Waals surface area contributed by atoms with Crippen LogP contribution in [0.15, 0.2) is 18.3 Å². The predicted octanol–water partition coefficient (Wildman–Crippen LogP) is 6.55. The van der Waals surface area contributed by atoms with Gasteiger partial charge in [-0.1, -0.05) is 27.2 Å². The summed E-state index contributed by atoms with van der Waals surface area (Å²) in [7, 11) is -2.13. The summed E-state index contributed by atoms with van der Waals surface area (Å²) in [5, 5.41) is 2.61. The van der Waals surface area contributed by atoms with Gasteiger partial charge < -0.3 is 24.3 Å². The molecule has 226 valence electrons. The minimum Gasteiger partial charge on any atom is -0.409 e. The van der Waals surface area contributed by atoms with Crippen molar-refractivity contribution < 1.29 is 22.3 Å². The molecule has 0 amide bonds. The molecule has 41 heavy (non-hydrogen) atoms. The highest BCUT2D eigenvalue weighted by Gasteiger charge is 2.51. The summed E-state index contributed by atoms with van der Waals surface area (Å²) in [6.07, 6.45) is 0.510. The molecule has 0 unspecified atom stereocenters. The second kappa shape index (κ2) is 10.7. The number of nitrogens with one attached hydrogen (secondary N) is 1. The Morgan fingerprint density at radius 2 is 1.78 bits per heavy atom. The van der Waals surface area contributed by atoms with Gasteiger partial charge in [0.2, 0.25) is 0 Å². The van der Waals surface area contributed by atoms with Gasteiger partial charge in [-0.15, -0.1) is 0 Å². The maximum atomic E-state index is 13.3. The van der Waals surface area contributed by atoms with Gasteiger partial charge in [-0.25, -0.2) is 15.0 Å². The summed E-state index contributed by atoms with van der Waals surface area (Å²) in [5.41, 5.74) is 1.37. The summed E-state index contributed by atoms with van der Waals surface area (Å²) in [6, 6.07) is 4.04. The maximum Gasteiger partial charge on any atom is 0.405 e. The monoisotopic (exact) mass is 592 g/mol. The van der Waals surface area contributed by atoms with Gasteiger partial charge in [-0.2, -0.15) is 13.2 Å². The zero-order valence-electron chi connectivity index (χ0n) is 25.2. The molecule has 4 heterocycles. The molecule has 1 saturated heterocycles. The minimum absolute atomic E-state index is 0.0212. The van der Waals surface area contributed by atoms with Crippen molar-refractivity contribution in [1.29, 1.82) is 0 Å². The molecular formula is C29H43F3N6O2Si. The van der Waals surface area contributed by atoms with Crippen molar-refractivity contribution in [3.8, 4) is 0 Å². The Hall–Kier alpha value is -2.44. The Bertz CT molecular complexity index is 1240. The van der Waals surface area contributed by atoms with Crippen LogP contribution < -0.4 is 15.1 Å². The molecule has 1 N–H and O–H groups in total. The first-order chi connectivity index (χ1) is 19.1. The highest BCUT2D eigenvalue weighted by molar-refractivity contribution is 6.74. The number of alkyl halides is 3. The topological polar surface area (TPSA) is 75.6 Å². The first-order valence-electron chi connectivity index (χ1n) is 14.6. The molecule has 2 aromatic heterocycles. The van der Waals surface area contributed by atoms with Crippen molar-refractivity contribution >= 4 is 31.5 Å². The predicted molar refractivity (Wildman–Crippen MR) is 158 cm³/mol. The van der Waals surface area contributed by atoms with Crippen molar-refractivity contribution in [2.45, 2.75) is 102 Å². The van der Waals surface area contributed by atoms with Crippen LogP contribution in [-0.2, 0) is 21.2 Å². The Labute approximate surface area is 242 Å². The van der Waals surface area contributed by atoms with Gasteiger partial charge in [0.1, 0.15) is 24.0 Å². The highest BCUT2D eigenvalue weighted by atomic mass is 28.4. The van der Waals surface area contributed by atoms with Crippen LogP contribution in [-0.4, -0.2) is 67.8 Å². The number of halogens is 3. The number of aromatic nitrogens is 3. The van der Waals surface area contributed by atoms with Crippen LogP contribution in [0.5, 0.6) is 0 Å². The Kier molecular flexibility index (Phi) is 7.82. The van der Waals surface area contributed by atoms with Crippen LogP contribution in [0, 0.1) is 0 Å². The lowest BCUT2D eigenvalue weighted by Crippen LogP contribution is -2.45. The van der Waals surface area contributed by atoms with Crippen LogP contribution in [0.3, 0.4) is 0 Å². The fourth-order valence-corrected chi connectivity index (χ4v) is 6.71. The van der Waals surface area contributed by atoms with Crippen molar-refractivity contribution in [1.82, 2.24) is 15.0 Å². The smallest absolute Gasteiger partial charge is 0.405 e. The first-order valence-corrected chi connectivity index (χ1v) is 17.5. The number of hydrogen-bond acceptors (Lipinski definition) is 8. The van der Waals surface area contributed by atoms with Crippen LogP contribution in [0.4, 0.5) is 36.3 Å². The molecule has 0 aromatic carbocycles. The van der Waals surface area contributed by atoms with Gasteiger partial charge in [0.25, 0.3) is 0 Å². The van der Waals surface area contributed by atoms with Gasteiger partial charge in [0, 0.05) is 30.6 Å². The maximum absolute atomic E-state index is 13.3. The van der Waals surface area contributed by atoms with Gasteiger partial charge in [-0.05, 0) is 57.0 Å². The van der Waals surface area contributed by atoms with E-state index in [0.717, 1.165) is 49.4 Å². The van der Waals surface area contributed by atoms with Gasteiger partial charge in [-0.3, -0.25) is 0 Å². The van der Waals surface area contributed by atoms with Gasteiger partial charge >= 0.3 is 6.18 Å². The number of hydrogen-bond donors (Lipinski definition) is 1. The molecule has 5 rings (SSSR count). The lowest BCUT2D eigenvalue weighted by Gasteiger charge is -2.39. The summed E-state index contributed by atoms with van der Waals surface area (Å²) >= 11 is 0. The molecule has 3 aliphatic rings. The lowest BCUT2D eigenvalue weighted by molar-refractivity contribution is -0.115. The molecule has 1 aliphatic carbocycles. The number of ether oxygens (including phenoxy) is 1. The molecule has 12 heteroatoms. The molecule has 2 aromatic rings. The zero-order chi connectivity index (χ0) is 29.8. The zero-order valence-corrected chi connectivity index (χ0v) is 26.2. The molecular weight excluding hydrogens is 549 g/mol. The number of morpholine rings is 1. The van der Waals surface area contributed by atoms with E-state index in [4.69, 9.17) is 19.1 Å². The minimum atomic E-state index is -4.37. The Morgan fingerprint density at radius 1 is 1.10 bits per heavy atom. The number of pyridine rings is 1. The van der Waals surface area contributed by atoms with E-state index in [1.165, 1.54) is 0 Å². The molecule has 1 saturated carbocycles. The number of rotatable bonds is 7. The fraction of sp³-hybridized carbons (Fsp3) is 0.690. The average Bonchev–Trinajstić information content (AvgIpc) is 3.21. The van der Waals surface area contributed by atoms with E-state index in [-0.39, 0.29) is 35.1 Å². The normalized spacial score (nSPS) is 22.6. The van der Waals surface area contributed by atoms with Crippen LogP contribution in [0.2, 0.25) is 18.1 Å². The lowest BCUT2D eigenvalue weighted by atomic mass is 9.66. The van der Waals surface area contributed by atoms with Crippen LogP contribution >= 0.6 is 0 Å². The fourth-order valence-electron chi connectivity index (χ4n) is 5.79. The SMILES string of the molecule is C[C@@H]1CN(c2ccc(N3CC4(CCC4)c4c(NCC(F)(F)F)nc(CO[Si](C)(C)C(C)(C)C)nc43)cn2)C[C@H](C)O1. The second-order valence-electron chi connectivity index (χ2n) is 13.5. The molecule has 2 aliphatic heterocycles. The van der Waals surface area contributed by atoms with Crippen LogP contribution in [0.1, 0.15) is 65.3 Å². The quantitative estimate of drug-likeness (QED) is 0.363. The molecule has 0 bridgehead atoms. The van der Waals surface area contributed by atoms with E-state index in [1.807, 2.05) is 18.3 Å². The van der Waals surface area contributed by atoms with E-state index in [0.29, 0.717) is 18.2 Å². The third-order valence-corrected chi connectivity index (χ3v) is 13.6. The number of fused-ring (bicyclic) bond motifs is 2. The van der Waals surface area contributed by atoms with E-state index in [9.17, 15) is 13.2 Å². The Balaban J connectivity index is 1.50. The molecule has 8 nitrogen and oxygen atoms in total. The molecule has 2 fully saturated rings. The summed E-state index contributed by atoms with van der Waals surface area (Å²) in [4.78, 5) is 18.7. The number of nitrogens with zero attached hydrogens (tertiary/aromatic N) is 5. The standard InChI is InChI=1S/C29H43F3N6O2Si/c1-19-14-37(15-20(2)40-19)23-10-9-21(13-33-23)38-18-28(11-8-12-28)24-25(34-17-29(30,31)32)35-22(36-26(24)38)16-39-41(6,7)27(3,4)5/h9-10,13,19-20H,8,11-12,14-18H2,1-7H3,(H,34,35,36)/t19-,20+. The third kappa shape index (κ3) is 6.19. The van der Waals surface area contributed by atoms with Gasteiger partial charge in [0.15, 0.2) is 14.1 Å². The van der Waals surface area contributed by atoms with E-state index in [1.54, 1.807) is 0 Å². The van der Waals surface area contributed by atoms with E-state index in [2.05, 4.69) is 67.8 Å². The summed E-state index contributed by atoms with van der Waals surface area (Å²) in [5.74, 6) is 2.19. The molecule has 2 atom stereocenters. The van der Waals surface area contributed by atoms with Crippen molar-refractivity contribution in [3.05, 3.63) is 29.7 Å². The molecule has 0 radical (unpaired) electrons. The summed E-state index contributed by atoms with van der Waals surface area (Å²) in [6.45, 7) is 16.0. The third-order valence-electron chi connectivity index (χ3n) is 9.11. The van der Waals surface area contributed by atoms with Crippen LogP contribution in [0.25, 0.3) is 0 Å². The second-order valence-corrected chi connectivity index (χ2v) is 18.3. The first kappa shape index (κ1) is 30.0.